The standard InChI is InChI=1S/C16H23N3O2S/c1-18-9-10-19(16(18)21)12-15(20)17-8-5-11-22-13-14-6-3-2-4-7-14/h2-4,6-7H,5,8-13H2,1H3,(H,17,20). The van der Waals surface area contributed by atoms with Crippen LogP contribution in [0.2, 0.25) is 0 Å². The second kappa shape index (κ2) is 8.68. The first-order chi connectivity index (χ1) is 10.7. The fourth-order valence-electron chi connectivity index (χ4n) is 2.25. The van der Waals surface area contributed by atoms with Gasteiger partial charge in [-0.3, -0.25) is 4.79 Å². The number of urea groups is 1. The van der Waals surface area contributed by atoms with Crippen LogP contribution in [-0.4, -0.2) is 60.7 Å². The van der Waals surface area contributed by atoms with Gasteiger partial charge in [0.05, 0.1) is 0 Å². The van der Waals surface area contributed by atoms with Crippen molar-refractivity contribution in [3.05, 3.63) is 35.9 Å². The minimum atomic E-state index is -0.0725. The van der Waals surface area contributed by atoms with Gasteiger partial charge in [0.25, 0.3) is 0 Å². The zero-order chi connectivity index (χ0) is 15.8. The molecule has 1 aliphatic heterocycles. The molecular weight excluding hydrogens is 298 g/mol. The van der Waals surface area contributed by atoms with E-state index in [1.54, 1.807) is 16.8 Å². The highest BCUT2D eigenvalue weighted by molar-refractivity contribution is 7.98. The van der Waals surface area contributed by atoms with Crippen molar-refractivity contribution >= 4 is 23.7 Å². The van der Waals surface area contributed by atoms with Gasteiger partial charge >= 0.3 is 6.03 Å². The molecule has 0 unspecified atom stereocenters. The molecule has 0 spiro atoms. The maximum absolute atomic E-state index is 11.8. The fraction of sp³-hybridized carbons (Fsp3) is 0.500. The molecular formula is C16H23N3O2S. The predicted molar refractivity (Wildman–Crippen MR) is 89.8 cm³/mol. The lowest BCUT2D eigenvalue weighted by Crippen LogP contribution is -2.39. The van der Waals surface area contributed by atoms with E-state index < -0.39 is 0 Å². The van der Waals surface area contributed by atoms with Crippen LogP contribution in [0.1, 0.15) is 12.0 Å². The average Bonchev–Trinajstić information content (AvgIpc) is 2.84. The summed E-state index contributed by atoms with van der Waals surface area (Å²) < 4.78 is 0. The molecule has 22 heavy (non-hydrogen) atoms. The summed E-state index contributed by atoms with van der Waals surface area (Å²) in [4.78, 5) is 26.6. The van der Waals surface area contributed by atoms with Gasteiger partial charge < -0.3 is 15.1 Å². The molecule has 0 bridgehead atoms. The normalized spacial score (nSPS) is 14.5. The molecule has 6 heteroatoms. The van der Waals surface area contributed by atoms with Crippen LogP contribution >= 0.6 is 11.8 Å². The van der Waals surface area contributed by atoms with E-state index in [-0.39, 0.29) is 18.5 Å². The van der Waals surface area contributed by atoms with Crippen LogP contribution in [0, 0.1) is 0 Å². The molecule has 0 radical (unpaired) electrons. The van der Waals surface area contributed by atoms with Gasteiger partial charge in [-0.15, -0.1) is 0 Å². The molecule has 0 aromatic heterocycles. The highest BCUT2D eigenvalue weighted by Crippen LogP contribution is 2.12. The predicted octanol–water partition coefficient (Wildman–Crippen LogP) is 1.79. The Morgan fingerprint density at radius 1 is 1.27 bits per heavy atom. The lowest BCUT2D eigenvalue weighted by atomic mass is 10.2. The molecule has 1 N–H and O–H groups in total. The van der Waals surface area contributed by atoms with E-state index in [1.165, 1.54) is 5.56 Å². The summed E-state index contributed by atoms with van der Waals surface area (Å²) in [5.41, 5.74) is 1.33. The summed E-state index contributed by atoms with van der Waals surface area (Å²) in [5, 5.41) is 2.88. The van der Waals surface area contributed by atoms with Crippen molar-refractivity contribution < 1.29 is 9.59 Å². The van der Waals surface area contributed by atoms with Gasteiger partial charge in [0.1, 0.15) is 6.54 Å². The van der Waals surface area contributed by atoms with Gasteiger partial charge in [-0.25, -0.2) is 4.79 Å². The van der Waals surface area contributed by atoms with E-state index >= 15 is 0 Å². The summed E-state index contributed by atoms with van der Waals surface area (Å²) in [6, 6.07) is 10.3. The zero-order valence-electron chi connectivity index (χ0n) is 13.0. The fourth-order valence-corrected chi connectivity index (χ4v) is 3.17. The van der Waals surface area contributed by atoms with Crippen molar-refractivity contribution in [1.82, 2.24) is 15.1 Å². The van der Waals surface area contributed by atoms with E-state index in [1.807, 2.05) is 30.0 Å². The quantitative estimate of drug-likeness (QED) is 0.743. The van der Waals surface area contributed by atoms with Gasteiger partial charge in [0.15, 0.2) is 0 Å². The summed E-state index contributed by atoms with van der Waals surface area (Å²) in [6.45, 7) is 2.16. The third kappa shape index (κ3) is 5.26. The molecule has 3 amide bonds. The number of nitrogens with zero attached hydrogens (tertiary/aromatic N) is 2. The Labute approximate surface area is 136 Å². The maximum Gasteiger partial charge on any atom is 0.320 e. The number of likely N-dealkylation sites (N-methyl/N-ethyl adjacent to an activating group) is 1. The molecule has 1 aliphatic rings. The van der Waals surface area contributed by atoms with Crippen LogP contribution in [-0.2, 0) is 10.5 Å². The Balaban J connectivity index is 1.51. The summed E-state index contributed by atoms with van der Waals surface area (Å²) in [6.07, 6.45) is 0.942. The van der Waals surface area contributed by atoms with Crippen molar-refractivity contribution in [3.63, 3.8) is 0 Å². The molecule has 0 aliphatic carbocycles. The third-order valence-electron chi connectivity index (χ3n) is 3.54. The third-order valence-corrected chi connectivity index (χ3v) is 4.65. The Morgan fingerprint density at radius 3 is 2.73 bits per heavy atom. The molecule has 1 heterocycles. The molecule has 0 saturated carbocycles. The molecule has 0 atom stereocenters. The second-order valence-corrected chi connectivity index (χ2v) is 6.47. The number of carbonyl (C=O) groups excluding carboxylic acids is 2. The average molecular weight is 321 g/mol. The number of rotatable bonds is 8. The summed E-state index contributed by atoms with van der Waals surface area (Å²) in [5.74, 6) is 1.95. The number of hydrogen-bond donors (Lipinski definition) is 1. The first-order valence-corrected chi connectivity index (χ1v) is 8.70. The lowest BCUT2D eigenvalue weighted by molar-refractivity contribution is -0.121. The highest BCUT2D eigenvalue weighted by atomic mass is 32.2. The number of benzene rings is 1. The maximum atomic E-state index is 11.8. The Kier molecular flexibility index (Phi) is 6.58. The summed E-state index contributed by atoms with van der Waals surface area (Å²) in [7, 11) is 1.75. The van der Waals surface area contributed by atoms with E-state index in [0.717, 1.165) is 17.9 Å². The van der Waals surface area contributed by atoms with Crippen LogP contribution in [0.15, 0.2) is 30.3 Å². The van der Waals surface area contributed by atoms with Crippen molar-refractivity contribution in [3.8, 4) is 0 Å². The monoisotopic (exact) mass is 321 g/mol. The van der Waals surface area contributed by atoms with Crippen LogP contribution in [0.4, 0.5) is 4.79 Å². The van der Waals surface area contributed by atoms with Crippen molar-refractivity contribution in [2.24, 2.45) is 0 Å². The minimum Gasteiger partial charge on any atom is -0.355 e. The first-order valence-electron chi connectivity index (χ1n) is 7.55. The topological polar surface area (TPSA) is 52.6 Å². The van der Waals surface area contributed by atoms with Crippen molar-refractivity contribution in [1.29, 1.82) is 0 Å². The van der Waals surface area contributed by atoms with Crippen molar-refractivity contribution in [2.75, 3.05) is 39.0 Å². The van der Waals surface area contributed by atoms with Crippen LogP contribution in [0.3, 0.4) is 0 Å². The van der Waals surface area contributed by atoms with Gasteiger partial charge in [0.2, 0.25) is 5.91 Å². The molecule has 1 aromatic rings. The smallest absolute Gasteiger partial charge is 0.320 e. The van der Waals surface area contributed by atoms with E-state index in [0.29, 0.717) is 19.6 Å². The number of nitrogens with one attached hydrogen (secondary N) is 1. The SMILES string of the molecule is CN1CCN(CC(=O)NCCCSCc2ccccc2)C1=O. The first kappa shape index (κ1) is 16.7. The van der Waals surface area contributed by atoms with E-state index in [4.69, 9.17) is 0 Å². The zero-order valence-corrected chi connectivity index (χ0v) is 13.8. The van der Waals surface area contributed by atoms with Crippen LogP contribution < -0.4 is 5.32 Å². The number of thioether (sulfide) groups is 1. The second-order valence-electron chi connectivity index (χ2n) is 5.37. The lowest BCUT2D eigenvalue weighted by Gasteiger charge is -2.15. The Hall–Kier alpha value is -1.69. The Bertz CT molecular complexity index is 495. The molecule has 2 rings (SSSR count). The largest absolute Gasteiger partial charge is 0.355 e. The molecule has 5 nitrogen and oxygen atoms in total. The van der Waals surface area contributed by atoms with E-state index in [9.17, 15) is 9.59 Å². The molecule has 1 aromatic carbocycles. The Morgan fingerprint density at radius 2 is 2.05 bits per heavy atom. The van der Waals surface area contributed by atoms with Crippen molar-refractivity contribution in [2.45, 2.75) is 12.2 Å². The number of hydrogen-bond acceptors (Lipinski definition) is 3. The number of amides is 3. The molecule has 1 fully saturated rings. The summed E-state index contributed by atoms with van der Waals surface area (Å²) >= 11 is 1.87. The van der Waals surface area contributed by atoms with Gasteiger partial charge in [-0.05, 0) is 17.7 Å². The van der Waals surface area contributed by atoms with Gasteiger partial charge in [0, 0.05) is 32.4 Å². The van der Waals surface area contributed by atoms with Crippen LogP contribution in [0.25, 0.3) is 0 Å². The van der Waals surface area contributed by atoms with Gasteiger partial charge in [-0.1, -0.05) is 30.3 Å². The van der Waals surface area contributed by atoms with E-state index in [2.05, 4.69) is 17.4 Å². The van der Waals surface area contributed by atoms with Crippen LogP contribution in [0.5, 0.6) is 0 Å². The number of carbonyl (C=O) groups is 2. The minimum absolute atomic E-state index is 0.0615. The molecule has 120 valence electrons. The van der Waals surface area contributed by atoms with Gasteiger partial charge in [-0.2, -0.15) is 11.8 Å². The molecule has 1 saturated heterocycles. The highest BCUT2D eigenvalue weighted by Gasteiger charge is 2.26.